The molecule has 0 aromatic heterocycles. The normalized spacial score (nSPS) is 14.9. The summed E-state index contributed by atoms with van der Waals surface area (Å²) >= 11 is 11.8. The number of hydrogen-bond acceptors (Lipinski definition) is 7. The second-order valence-electron chi connectivity index (χ2n) is 12.8. The Kier molecular flexibility index (Phi) is 11.1. The van der Waals surface area contributed by atoms with Gasteiger partial charge < -0.3 is 9.47 Å². The Morgan fingerprint density at radius 3 is 1.13 bits per heavy atom. The van der Waals surface area contributed by atoms with Crippen LogP contribution in [0.15, 0.2) is 176 Å². The Hall–Kier alpha value is -5.45. The lowest BCUT2D eigenvalue weighted by molar-refractivity contribution is -0.115. The first-order chi connectivity index (χ1) is 26.4. The first-order valence-electron chi connectivity index (χ1n) is 17.1. The van der Waals surface area contributed by atoms with E-state index in [-0.39, 0.29) is 25.4 Å². The number of carbonyl (C=O) groups excluding carboxylic acids is 1. The lowest BCUT2D eigenvalue weighted by atomic mass is 9.87. The molecule has 0 atom stereocenters. The molecule has 0 spiro atoms. The SMILES string of the molecule is O=C1C/C(=C\c2ccc(Oc3ccc(S(=O)(=O)c4ccc(Cl)cc4)cc3)cc2)CC/C1=C/c1ccc(Oc2ccc(S(=O)(=O)c3ccc(Cl)cc3)cc2)cc1. The van der Waals surface area contributed by atoms with Crippen LogP contribution in [0.1, 0.15) is 30.4 Å². The summed E-state index contributed by atoms with van der Waals surface area (Å²) in [7, 11) is -7.36. The van der Waals surface area contributed by atoms with Gasteiger partial charge in [-0.15, -0.1) is 0 Å². The Balaban J connectivity index is 0.918. The van der Waals surface area contributed by atoms with Crippen molar-refractivity contribution in [2.75, 3.05) is 0 Å². The van der Waals surface area contributed by atoms with E-state index in [9.17, 15) is 21.6 Å². The molecule has 11 heteroatoms. The van der Waals surface area contributed by atoms with Crippen molar-refractivity contribution in [3.05, 3.63) is 178 Å². The van der Waals surface area contributed by atoms with Gasteiger partial charge in [0.15, 0.2) is 5.78 Å². The summed E-state index contributed by atoms with van der Waals surface area (Å²) in [5.74, 6) is 2.23. The number of rotatable bonds is 10. The highest BCUT2D eigenvalue weighted by Crippen LogP contribution is 2.32. The molecule has 276 valence electrons. The monoisotopic (exact) mass is 806 g/mol. The predicted octanol–water partition coefficient (Wildman–Crippen LogP) is 11.5. The van der Waals surface area contributed by atoms with Crippen molar-refractivity contribution in [2.45, 2.75) is 38.8 Å². The van der Waals surface area contributed by atoms with E-state index >= 15 is 0 Å². The van der Waals surface area contributed by atoms with Gasteiger partial charge in [0.05, 0.1) is 19.6 Å². The van der Waals surface area contributed by atoms with Gasteiger partial charge in [-0.2, -0.15) is 0 Å². The molecular formula is C44H32Cl2O7S2. The zero-order valence-electron chi connectivity index (χ0n) is 29.1. The second-order valence-corrected chi connectivity index (χ2v) is 17.5. The largest absolute Gasteiger partial charge is 0.457 e. The van der Waals surface area contributed by atoms with Crippen LogP contribution in [0.4, 0.5) is 0 Å². The van der Waals surface area contributed by atoms with E-state index < -0.39 is 19.7 Å². The minimum atomic E-state index is -3.68. The van der Waals surface area contributed by atoms with Crippen LogP contribution >= 0.6 is 23.2 Å². The molecule has 6 aromatic carbocycles. The van der Waals surface area contributed by atoms with Crippen molar-refractivity contribution < 1.29 is 31.1 Å². The van der Waals surface area contributed by atoms with Crippen molar-refractivity contribution in [1.29, 1.82) is 0 Å². The number of halogens is 2. The molecule has 0 bridgehead atoms. The highest BCUT2D eigenvalue weighted by atomic mass is 35.5. The first-order valence-corrected chi connectivity index (χ1v) is 20.9. The number of carbonyl (C=O) groups is 1. The summed E-state index contributed by atoms with van der Waals surface area (Å²) in [5.41, 5.74) is 3.63. The van der Waals surface area contributed by atoms with Crippen LogP contribution in [0, 0.1) is 0 Å². The Bertz CT molecular complexity index is 2620. The lowest BCUT2D eigenvalue weighted by Gasteiger charge is -2.17. The van der Waals surface area contributed by atoms with E-state index in [0.29, 0.717) is 45.9 Å². The maximum absolute atomic E-state index is 13.1. The average molecular weight is 808 g/mol. The van der Waals surface area contributed by atoms with Crippen LogP contribution in [0.3, 0.4) is 0 Å². The van der Waals surface area contributed by atoms with Gasteiger partial charge in [0.25, 0.3) is 0 Å². The Labute approximate surface area is 329 Å². The number of allylic oxidation sites excluding steroid dienone is 2. The van der Waals surface area contributed by atoms with Crippen LogP contribution < -0.4 is 9.47 Å². The molecule has 0 saturated heterocycles. The van der Waals surface area contributed by atoms with Crippen LogP contribution in [0.2, 0.25) is 10.0 Å². The van der Waals surface area contributed by atoms with E-state index in [2.05, 4.69) is 0 Å². The number of benzene rings is 6. The summed E-state index contributed by atoms with van der Waals surface area (Å²) in [5, 5.41) is 0.921. The first kappa shape index (κ1) is 37.8. The predicted molar refractivity (Wildman–Crippen MR) is 215 cm³/mol. The fourth-order valence-electron chi connectivity index (χ4n) is 5.97. The molecule has 0 amide bonds. The third-order valence-electron chi connectivity index (χ3n) is 8.92. The molecule has 7 nitrogen and oxygen atoms in total. The summed E-state index contributed by atoms with van der Waals surface area (Å²) in [4.78, 5) is 13.7. The molecule has 7 rings (SSSR count). The molecule has 0 aliphatic heterocycles. The van der Waals surface area contributed by atoms with E-state index in [4.69, 9.17) is 32.7 Å². The van der Waals surface area contributed by atoms with Gasteiger partial charge in [0, 0.05) is 16.5 Å². The van der Waals surface area contributed by atoms with Crippen molar-refractivity contribution in [1.82, 2.24) is 0 Å². The summed E-state index contributed by atoms with van der Waals surface area (Å²) in [6.45, 7) is 0. The van der Waals surface area contributed by atoms with E-state index in [1.807, 2.05) is 48.6 Å². The highest BCUT2D eigenvalue weighted by Gasteiger charge is 2.20. The Morgan fingerprint density at radius 2 is 0.764 bits per heavy atom. The number of ketones is 1. The highest BCUT2D eigenvalue weighted by molar-refractivity contribution is 7.91. The summed E-state index contributed by atoms with van der Waals surface area (Å²) < 4.78 is 63.6. The van der Waals surface area contributed by atoms with Crippen LogP contribution in [0.25, 0.3) is 12.2 Å². The van der Waals surface area contributed by atoms with Gasteiger partial charge in [0.2, 0.25) is 19.7 Å². The molecule has 0 N–H and O–H groups in total. The molecule has 6 aromatic rings. The molecular weight excluding hydrogens is 776 g/mol. The molecule has 0 heterocycles. The van der Waals surface area contributed by atoms with Gasteiger partial charge in [0.1, 0.15) is 23.0 Å². The molecule has 55 heavy (non-hydrogen) atoms. The van der Waals surface area contributed by atoms with Crippen molar-refractivity contribution in [3.8, 4) is 23.0 Å². The van der Waals surface area contributed by atoms with Gasteiger partial charge in [-0.25, -0.2) is 16.8 Å². The quantitative estimate of drug-likeness (QED) is 0.127. The number of sulfone groups is 2. The number of hydrogen-bond donors (Lipinski definition) is 0. The van der Waals surface area contributed by atoms with Crippen LogP contribution in [-0.4, -0.2) is 22.6 Å². The van der Waals surface area contributed by atoms with E-state index in [0.717, 1.165) is 28.7 Å². The van der Waals surface area contributed by atoms with Gasteiger partial charge in [-0.3, -0.25) is 4.79 Å². The molecule has 1 saturated carbocycles. The third kappa shape index (κ3) is 9.10. The van der Waals surface area contributed by atoms with Crippen molar-refractivity contribution in [2.24, 2.45) is 0 Å². The van der Waals surface area contributed by atoms with Crippen molar-refractivity contribution in [3.63, 3.8) is 0 Å². The Morgan fingerprint density at radius 1 is 0.436 bits per heavy atom. The van der Waals surface area contributed by atoms with Crippen LogP contribution in [-0.2, 0) is 24.5 Å². The van der Waals surface area contributed by atoms with Crippen LogP contribution in [0.5, 0.6) is 23.0 Å². The minimum absolute atomic E-state index is 0.0768. The standard InChI is InChI=1S/C44H32Cl2O7S2/c45-34-7-19-40(20-8-34)54(48,49)42-23-15-38(16-24-42)52-36-11-2-30(3-12-36)27-32-1-6-33(44(47)29-32)28-31-4-13-37(14-5-31)53-39-17-25-43(26-18-39)55(50,51)41-21-9-35(46)10-22-41/h2-5,7-28H,1,6,29H2/b32-27-,33-28-. The topological polar surface area (TPSA) is 104 Å². The van der Waals surface area contributed by atoms with Gasteiger partial charge in [-0.05, 0) is 157 Å². The van der Waals surface area contributed by atoms with Crippen molar-refractivity contribution >= 4 is 60.8 Å². The zero-order chi connectivity index (χ0) is 38.6. The third-order valence-corrected chi connectivity index (χ3v) is 13.0. The molecule has 1 aliphatic rings. The smallest absolute Gasteiger partial charge is 0.206 e. The zero-order valence-corrected chi connectivity index (χ0v) is 32.2. The summed E-state index contributed by atoms with van der Waals surface area (Å²) in [6.07, 6.45) is 5.65. The van der Waals surface area contributed by atoms with Gasteiger partial charge >= 0.3 is 0 Å². The fraction of sp³-hybridized carbons (Fsp3) is 0.0682. The van der Waals surface area contributed by atoms with E-state index in [1.165, 1.54) is 60.7 Å². The number of ether oxygens (including phenoxy) is 2. The number of Topliss-reactive ketones (excluding diaryl/α,β-unsaturated/α-hetero) is 1. The summed E-state index contributed by atoms with van der Waals surface area (Å²) in [6, 6.07) is 39.4. The lowest BCUT2D eigenvalue weighted by Crippen LogP contribution is -2.10. The maximum atomic E-state index is 13.1. The average Bonchev–Trinajstić information content (AvgIpc) is 3.18. The second kappa shape index (κ2) is 16.1. The molecule has 0 unspecified atom stereocenters. The minimum Gasteiger partial charge on any atom is -0.457 e. The molecule has 0 radical (unpaired) electrons. The van der Waals surface area contributed by atoms with E-state index in [1.54, 1.807) is 48.5 Å². The molecule has 1 fully saturated rings. The van der Waals surface area contributed by atoms with Gasteiger partial charge in [-0.1, -0.05) is 59.1 Å². The fourth-order valence-corrected chi connectivity index (χ4v) is 8.74. The molecule has 1 aliphatic carbocycles. The maximum Gasteiger partial charge on any atom is 0.206 e.